The maximum Gasteiger partial charge on any atom is 0.261 e. The zero-order valence-corrected chi connectivity index (χ0v) is 17.4. The molecule has 0 fully saturated rings. The number of fused-ring (bicyclic) bond motifs is 2. The molecule has 1 aliphatic heterocycles. The Hall–Kier alpha value is -3.20. The minimum atomic E-state index is -3.55. The molecule has 2 aromatic carbocycles. The van der Waals surface area contributed by atoms with Gasteiger partial charge in [-0.05, 0) is 37.1 Å². The zero-order chi connectivity index (χ0) is 21.3. The molecule has 0 bridgehead atoms. The highest BCUT2D eigenvalue weighted by molar-refractivity contribution is 7.92. The minimum Gasteiger partial charge on any atom is -0.353 e. The van der Waals surface area contributed by atoms with Crippen molar-refractivity contribution in [3.05, 3.63) is 70.3 Å². The summed E-state index contributed by atoms with van der Waals surface area (Å²) in [4.78, 5) is 29.4. The van der Waals surface area contributed by atoms with Crippen molar-refractivity contribution in [1.29, 1.82) is 0 Å². The summed E-state index contributed by atoms with van der Waals surface area (Å²) in [5, 5.41) is 3.04. The quantitative estimate of drug-likeness (QED) is 0.639. The van der Waals surface area contributed by atoms with Crippen molar-refractivity contribution < 1.29 is 13.2 Å². The van der Waals surface area contributed by atoms with Crippen LogP contribution in [0.5, 0.6) is 0 Å². The monoisotopic (exact) mass is 426 g/mol. The van der Waals surface area contributed by atoms with Gasteiger partial charge >= 0.3 is 0 Å². The Balaban J connectivity index is 1.40. The Kier molecular flexibility index (Phi) is 5.29. The lowest BCUT2D eigenvalue weighted by Crippen LogP contribution is -2.39. The van der Waals surface area contributed by atoms with Crippen LogP contribution < -0.4 is 15.2 Å². The van der Waals surface area contributed by atoms with Crippen molar-refractivity contribution in [2.24, 2.45) is 0 Å². The number of aryl methyl sites for hydroxylation is 1. The van der Waals surface area contributed by atoms with Gasteiger partial charge in [0.1, 0.15) is 12.4 Å². The van der Waals surface area contributed by atoms with E-state index < -0.39 is 15.9 Å². The van der Waals surface area contributed by atoms with Crippen LogP contribution in [0.3, 0.4) is 0 Å². The van der Waals surface area contributed by atoms with E-state index in [4.69, 9.17) is 0 Å². The SMILES string of the molecule is Cc1nc2ccccc2c(=O)n1CC(=O)NCCS(=O)(=O)N1CCc2ccccc21. The number of aromatic nitrogens is 2. The molecule has 1 amide bonds. The molecule has 9 heteroatoms. The third-order valence-corrected chi connectivity index (χ3v) is 6.99. The lowest BCUT2D eigenvalue weighted by Gasteiger charge is -2.19. The Labute approximate surface area is 174 Å². The molecule has 0 radical (unpaired) electrons. The first-order valence-electron chi connectivity index (χ1n) is 9.68. The third-order valence-electron chi connectivity index (χ3n) is 5.22. The molecule has 1 N–H and O–H groups in total. The fourth-order valence-electron chi connectivity index (χ4n) is 3.69. The highest BCUT2D eigenvalue weighted by Crippen LogP contribution is 2.29. The zero-order valence-electron chi connectivity index (χ0n) is 16.5. The van der Waals surface area contributed by atoms with Gasteiger partial charge in [0.2, 0.25) is 15.9 Å². The van der Waals surface area contributed by atoms with E-state index in [1.165, 1.54) is 8.87 Å². The van der Waals surface area contributed by atoms with Crippen LogP contribution in [0.1, 0.15) is 11.4 Å². The summed E-state index contributed by atoms with van der Waals surface area (Å²) in [6.45, 7) is 1.83. The fraction of sp³-hybridized carbons (Fsp3) is 0.286. The van der Waals surface area contributed by atoms with Crippen molar-refractivity contribution in [2.45, 2.75) is 19.9 Å². The summed E-state index contributed by atoms with van der Waals surface area (Å²) in [6.07, 6.45) is 0.679. The van der Waals surface area contributed by atoms with E-state index in [-0.39, 0.29) is 24.4 Å². The number of carbonyl (C=O) groups is 1. The molecule has 156 valence electrons. The van der Waals surface area contributed by atoms with Crippen LogP contribution in [0.15, 0.2) is 53.3 Å². The number of benzene rings is 2. The third kappa shape index (κ3) is 3.80. The molecule has 0 saturated carbocycles. The van der Waals surface area contributed by atoms with Gasteiger partial charge < -0.3 is 5.32 Å². The maximum absolute atomic E-state index is 12.7. The standard InChI is InChI=1S/C21H22N4O4S/c1-15-23-18-8-4-3-7-17(18)21(27)24(15)14-20(26)22-11-13-30(28,29)25-12-10-16-6-2-5-9-19(16)25/h2-9H,10-14H2,1H3,(H,22,26). The molecule has 0 atom stereocenters. The highest BCUT2D eigenvalue weighted by atomic mass is 32.2. The topological polar surface area (TPSA) is 101 Å². The molecule has 0 spiro atoms. The number of nitrogens with one attached hydrogen (secondary N) is 1. The van der Waals surface area contributed by atoms with E-state index in [0.717, 1.165) is 5.56 Å². The van der Waals surface area contributed by atoms with Crippen LogP contribution in [0.4, 0.5) is 5.69 Å². The molecule has 8 nitrogen and oxygen atoms in total. The number of hydrogen-bond donors (Lipinski definition) is 1. The van der Waals surface area contributed by atoms with Gasteiger partial charge in [0.25, 0.3) is 5.56 Å². The van der Waals surface area contributed by atoms with Crippen molar-refractivity contribution >= 4 is 32.5 Å². The van der Waals surface area contributed by atoms with E-state index >= 15 is 0 Å². The summed E-state index contributed by atoms with van der Waals surface area (Å²) in [5.74, 6) is -0.221. The predicted octanol–water partition coefficient (Wildman–Crippen LogP) is 1.21. The molecule has 0 aliphatic carbocycles. The number of rotatable bonds is 6. The average molecular weight is 426 g/mol. The van der Waals surface area contributed by atoms with Gasteiger partial charge in [-0.15, -0.1) is 0 Å². The summed E-state index contributed by atoms with van der Waals surface area (Å²) < 4.78 is 28.1. The van der Waals surface area contributed by atoms with Gasteiger partial charge in [0.15, 0.2) is 0 Å². The smallest absolute Gasteiger partial charge is 0.261 e. The summed E-state index contributed by atoms with van der Waals surface area (Å²) in [7, 11) is -3.55. The maximum atomic E-state index is 12.7. The van der Waals surface area contributed by atoms with Gasteiger partial charge in [0, 0.05) is 13.1 Å². The summed E-state index contributed by atoms with van der Waals surface area (Å²) >= 11 is 0. The highest BCUT2D eigenvalue weighted by Gasteiger charge is 2.28. The molecule has 30 heavy (non-hydrogen) atoms. The first-order chi connectivity index (χ1) is 14.4. The van der Waals surface area contributed by atoms with Crippen molar-refractivity contribution in [2.75, 3.05) is 23.1 Å². The number of nitrogens with zero attached hydrogens (tertiary/aromatic N) is 3. The molecule has 0 unspecified atom stereocenters. The number of sulfonamides is 1. The van der Waals surface area contributed by atoms with E-state index in [1.54, 1.807) is 37.3 Å². The Bertz CT molecular complexity index is 1280. The first-order valence-corrected chi connectivity index (χ1v) is 11.3. The molecular formula is C21H22N4O4S. The van der Waals surface area contributed by atoms with Gasteiger partial charge in [-0.3, -0.25) is 18.5 Å². The predicted molar refractivity (Wildman–Crippen MR) is 115 cm³/mol. The second-order valence-electron chi connectivity index (χ2n) is 7.18. The number of amides is 1. The van der Waals surface area contributed by atoms with E-state index in [0.29, 0.717) is 35.4 Å². The summed E-state index contributed by atoms with van der Waals surface area (Å²) in [5.41, 5.74) is 1.99. The van der Waals surface area contributed by atoms with Gasteiger partial charge in [-0.1, -0.05) is 30.3 Å². The van der Waals surface area contributed by atoms with Crippen molar-refractivity contribution in [1.82, 2.24) is 14.9 Å². The van der Waals surface area contributed by atoms with Crippen LogP contribution in [-0.4, -0.2) is 42.7 Å². The van der Waals surface area contributed by atoms with Crippen LogP contribution >= 0.6 is 0 Å². The van der Waals surface area contributed by atoms with E-state index in [1.807, 2.05) is 18.2 Å². The van der Waals surface area contributed by atoms with Crippen LogP contribution in [-0.2, 0) is 27.8 Å². The lowest BCUT2D eigenvalue weighted by atomic mass is 10.2. The first kappa shape index (κ1) is 20.1. The largest absolute Gasteiger partial charge is 0.353 e. The number of hydrogen-bond acceptors (Lipinski definition) is 5. The molecule has 3 aromatic rings. The Morgan fingerprint density at radius 3 is 2.70 bits per heavy atom. The van der Waals surface area contributed by atoms with Gasteiger partial charge in [-0.2, -0.15) is 0 Å². The van der Waals surface area contributed by atoms with Crippen LogP contribution in [0.25, 0.3) is 10.9 Å². The number of para-hydroxylation sites is 2. The fourth-order valence-corrected chi connectivity index (χ4v) is 5.12. The number of carbonyl (C=O) groups excluding carboxylic acids is 1. The second-order valence-corrected chi connectivity index (χ2v) is 9.20. The molecule has 2 heterocycles. The van der Waals surface area contributed by atoms with Crippen molar-refractivity contribution in [3.8, 4) is 0 Å². The molecule has 1 aromatic heterocycles. The van der Waals surface area contributed by atoms with E-state index in [2.05, 4.69) is 10.3 Å². The second kappa shape index (κ2) is 7.91. The van der Waals surface area contributed by atoms with Crippen molar-refractivity contribution in [3.63, 3.8) is 0 Å². The molecule has 1 aliphatic rings. The Morgan fingerprint density at radius 1 is 1.13 bits per heavy atom. The molecule has 0 saturated heterocycles. The van der Waals surface area contributed by atoms with Crippen LogP contribution in [0.2, 0.25) is 0 Å². The lowest BCUT2D eigenvalue weighted by molar-refractivity contribution is -0.121. The Morgan fingerprint density at radius 2 is 1.87 bits per heavy atom. The number of anilines is 1. The van der Waals surface area contributed by atoms with Gasteiger partial charge in [0.05, 0.1) is 22.3 Å². The molecular weight excluding hydrogens is 404 g/mol. The van der Waals surface area contributed by atoms with Gasteiger partial charge in [-0.25, -0.2) is 13.4 Å². The minimum absolute atomic E-state index is 0.0331. The van der Waals surface area contributed by atoms with E-state index in [9.17, 15) is 18.0 Å². The normalized spacial score (nSPS) is 13.4. The van der Waals surface area contributed by atoms with Crippen LogP contribution in [0, 0.1) is 6.92 Å². The summed E-state index contributed by atoms with van der Waals surface area (Å²) in [6, 6.07) is 14.4. The average Bonchev–Trinajstić information content (AvgIpc) is 3.16. The molecule has 4 rings (SSSR count).